The van der Waals surface area contributed by atoms with Gasteiger partial charge in [-0.05, 0) is 6.07 Å². The summed E-state index contributed by atoms with van der Waals surface area (Å²) >= 11 is 0. The molecule has 0 aliphatic carbocycles. The molecule has 0 bridgehead atoms. The number of aromatic nitrogens is 4. The van der Waals surface area contributed by atoms with Crippen LogP contribution in [0, 0.1) is 0 Å². The third-order valence-corrected chi connectivity index (χ3v) is 2.08. The van der Waals surface area contributed by atoms with Crippen LogP contribution >= 0.6 is 0 Å². The molecule has 0 aromatic carbocycles. The molecular weight excluding hydrogens is 196 g/mol. The van der Waals surface area contributed by atoms with E-state index in [1.807, 2.05) is 0 Å². The molecule has 15 heavy (non-hydrogen) atoms. The fourth-order valence-corrected chi connectivity index (χ4v) is 1.41. The van der Waals surface area contributed by atoms with Crippen molar-refractivity contribution in [3.05, 3.63) is 41.4 Å². The minimum atomic E-state index is -0.259. The number of hydrogen-bond donors (Lipinski definition) is 1. The summed E-state index contributed by atoms with van der Waals surface area (Å²) < 4.78 is 6.81. The van der Waals surface area contributed by atoms with Crippen LogP contribution in [0.2, 0.25) is 0 Å². The van der Waals surface area contributed by atoms with Gasteiger partial charge in [-0.2, -0.15) is 0 Å². The van der Waals surface area contributed by atoms with Crippen molar-refractivity contribution in [2.75, 3.05) is 0 Å². The maximum absolute atomic E-state index is 11.4. The first-order chi connectivity index (χ1) is 7.36. The quantitative estimate of drug-likeness (QED) is 0.630. The van der Waals surface area contributed by atoms with E-state index in [4.69, 9.17) is 4.42 Å². The van der Waals surface area contributed by atoms with Crippen LogP contribution in [0.5, 0.6) is 0 Å². The molecule has 3 aromatic heterocycles. The summed E-state index contributed by atoms with van der Waals surface area (Å²) in [6.45, 7) is 0. The van der Waals surface area contributed by atoms with Gasteiger partial charge in [0.05, 0.1) is 12.6 Å². The van der Waals surface area contributed by atoms with Gasteiger partial charge < -0.3 is 9.40 Å². The topological polar surface area (TPSA) is 76.7 Å². The Kier molecular flexibility index (Phi) is 1.49. The predicted molar refractivity (Wildman–Crippen MR) is 51.8 cm³/mol. The smallest absolute Gasteiger partial charge is 0.278 e. The van der Waals surface area contributed by atoms with Crippen LogP contribution in [0.1, 0.15) is 0 Å². The summed E-state index contributed by atoms with van der Waals surface area (Å²) in [4.78, 5) is 21.8. The van der Waals surface area contributed by atoms with E-state index in [-0.39, 0.29) is 5.56 Å². The highest BCUT2D eigenvalue weighted by Gasteiger charge is 2.09. The lowest BCUT2D eigenvalue weighted by atomic mass is 10.5. The number of aromatic amines is 1. The minimum absolute atomic E-state index is 0.259. The molecule has 0 spiro atoms. The molecule has 0 aliphatic rings. The van der Waals surface area contributed by atoms with Crippen LogP contribution in [0.3, 0.4) is 0 Å². The Balaban J connectivity index is 2.39. The molecule has 6 nitrogen and oxygen atoms in total. The van der Waals surface area contributed by atoms with E-state index in [0.717, 1.165) is 0 Å². The molecule has 3 heterocycles. The number of nitrogens with one attached hydrogen (secondary N) is 1. The Morgan fingerprint density at radius 2 is 2.33 bits per heavy atom. The van der Waals surface area contributed by atoms with Gasteiger partial charge in [-0.15, -0.1) is 0 Å². The normalized spacial score (nSPS) is 10.9. The Bertz CT molecular complexity index is 650. The van der Waals surface area contributed by atoms with E-state index in [2.05, 4.69) is 15.0 Å². The lowest BCUT2D eigenvalue weighted by Gasteiger charge is -1.96. The van der Waals surface area contributed by atoms with Crippen LogP contribution in [-0.2, 0) is 0 Å². The summed E-state index contributed by atoms with van der Waals surface area (Å²) in [6, 6.07) is 3.53. The predicted octanol–water partition coefficient (Wildman–Crippen LogP) is 0.702. The van der Waals surface area contributed by atoms with Crippen molar-refractivity contribution in [2.45, 2.75) is 0 Å². The van der Waals surface area contributed by atoms with Crippen molar-refractivity contribution in [3.63, 3.8) is 0 Å². The highest BCUT2D eigenvalue weighted by atomic mass is 16.3. The van der Waals surface area contributed by atoms with Gasteiger partial charge in [0.2, 0.25) is 5.88 Å². The lowest BCUT2D eigenvalue weighted by molar-refractivity contribution is 0.541. The molecule has 0 amide bonds. The van der Waals surface area contributed by atoms with Crippen LogP contribution in [0.25, 0.3) is 17.0 Å². The van der Waals surface area contributed by atoms with Crippen LogP contribution in [0.15, 0.2) is 40.3 Å². The molecule has 3 rings (SSSR count). The standard InChI is InChI=1S/C9H6N4O2/c14-9-7-8(10-4-11-9)13(5-12-7)6-2-1-3-15-6/h1-5H,(H,10,11,14). The van der Waals surface area contributed by atoms with Gasteiger partial charge in [-0.25, -0.2) is 9.97 Å². The fraction of sp³-hybridized carbons (Fsp3) is 0. The summed E-state index contributed by atoms with van der Waals surface area (Å²) in [6.07, 6.45) is 4.39. The maximum Gasteiger partial charge on any atom is 0.278 e. The minimum Gasteiger partial charge on any atom is -0.448 e. The van der Waals surface area contributed by atoms with Crippen molar-refractivity contribution >= 4 is 11.2 Å². The van der Waals surface area contributed by atoms with Crippen LogP contribution < -0.4 is 5.56 Å². The number of rotatable bonds is 1. The average molecular weight is 202 g/mol. The molecule has 0 saturated carbocycles. The highest BCUT2D eigenvalue weighted by Crippen LogP contribution is 2.13. The Labute approximate surface area is 83.2 Å². The number of furan rings is 1. The third-order valence-electron chi connectivity index (χ3n) is 2.08. The van der Waals surface area contributed by atoms with E-state index in [9.17, 15) is 4.79 Å². The van der Waals surface area contributed by atoms with Crippen molar-refractivity contribution in [1.82, 2.24) is 19.5 Å². The maximum atomic E-state index is 11.4. The number of fused-ring (bicyclic) bond motifs is 1. The van der Waals surface area contributed by atoms with E-state index in [0.29, 0.717) is 17.0 Å². The van der Waals surface area contributed by atoms with Gasteiger partial charge in [0.15, 0.2) is 11.2 Å². The Hall–Kier alpha value is -2.37. The van der Waals surface area contributed by atoms with Crippen molar-refractivity contribution in [1.29, 1.82) is 0 Å². The number of imidazole rings is 1. The van der Waals surface area contributed by atoms with Crippen molar-refractivity contribution < 1.29 is 4.42 Å². The van der Waals surface area contributed by atoms with Gasteiger partial charge in [0, 0.05) is 6.07 Å². The SMILES string of the molecule is O=c1[nH]cnc2c1ncn2-c1ccco1. The Morgan fingerprint density at radius 1 is 1.40 bits per heavy atom. The molecule has 0 atom stereocenters. The monoisotopic (exact) mass is 202 g/mol. The van der Waals surface area contributed by atoms with Crippen molar-refractivity contribution in [3.8, 4) is 5.88 Å². The van der Waals surface area contributed by atoms with E-state index in [1.165, 1.54) is 12.7 Å². The van der Waals surface area contributed by atoms with Gasteiger partial charge in [-0.1, -0.05) is 0 Å². The summed E-state index contributed by atoms with van der Waals surface area (Å²) in [7, 11) is 0. The highest BCUT2D eigenvalue weighted by molar-refractivity contribution is 5.70. The second-order valence-electron chi connectivity index (χ2n) is 2.97. The zero-order valence-corrected chi connectivity index (χ0v) is 7.54. The number of hydrogen-bond acceptors (Lipinski definition) is 4. The molecule has 3 aromatic rings. The van der Waals surface area contributed by atoms with E-state index < -0.39 is 0 Å². The molecule has 6 heteroatoms. The first-order valence-corrected chi connectivity index (χ1v) is 4.31. The average Bonchev–Trinajstić information content (AvgIpc) is 2.85. The van der Waals surface area contributed by atoms with Crippen LogP contribution in [0.4, 0.5) is 0 Å². The lowest BCUT2D eigenvalue weighted by Crippen LogP contribution is -2.06. The molecule has 1 N–H and O–H groups in total. The summed E-state index contributed by atoms with van der Waals surface area (Å²) in [5.74, 6) is 0.579. The second-order valence-corrected chi connectivity index (χ2v) is 2.97. The zero-order chi connectivity index (χ0) is 10.3. The zero-order valence-electron chi connectivity index (χ0n) is 7.54. The molecule has 0 fully saturated rings. The van der Waals surface area contributed by atoms with E-state index >= 15 is 0 Å². The van der Waals surface area contributed by atoms with E-state index in [1.54, 1.807) is 23.0 Å². The summed E-state index contributed by atoms with van der Waals surface area (Å²) in [5, 5.41) is 0. The molecule has 0 unspecified atom stereocenters. The molecule has 0 radical (unpaired) electrons. The van der Waals surface area contributed by atoms with Crippen molar-refractivity contribution in [2.24, 2.45) is 0 Å². The number of nitrogens with zero attached hydrogens (tertiary/aromatic N) is 3. The van der Waals surface area contributed by atoms with Gasteiger partial charge in [0.25, 0.3) is 5.56 Å². The first kappa shape index (κ1) is 7.98. The Morgan fingerprint density at radius 3 is 3.13 bits per heavy atom. The largest absolute Gasteiger partial charge is 0.448 e. The first-order valence-electron chi connectivity index (χ1n) is 4.31. The van der Waals surface area contributed by atoms with Gasteiger partial charge in [-0.3, -0.25) is 9.36 Å². The molecular formula is C9H6N4O2. The molecule has 0 saturated heterocycles. The second kappa shape index (κ2) is 2.81. The van der Waals surface area contributed by atoms with Gasteiger partial charge >= 0.3 is 0 Å². The number of H-pyrrole nitrogens is 1. The van der Waals surface area contributed by atoms with Crippen LogP contribution in [-0.4, -0.2) is 19.5 Å². The molecule has 74 valence electrons. The molecule has 0 aliphatic heterocycles. The van der Waals surface area contributed by atoms with Gasteiger partial charge in [0.1, 0.15) is 6.33 Å². The third kappa shape index (κ3) is 1.08. The summed E-state index contributed by atoms with van der Waals surface area (Å²) in [5.41, 5.74) is 0.521. The fourth-order valence-electron chi connectivity index (χ4n) is 1.41.